The SMILES string of the molecule is COc1cc(S(=O)(=O)CCOS(=O)(=O)O)c(C)cc1/N=N/c1c(S(=O)(=O)O)cc2c(/N=N/c3ccc(S(=O)(=O)CCOS(=O)(=O)O)cc3S(=O)(=O)O)c(NCS(=O)(=O)O)ccc2c1O. The normalized spacial score (nSPS) is 13.5. The molecule has 4 rings (SSSR count). The topological polar surface area (TPSA) is 450 Å². The summed E-state index contributed by atoms with van der Waals surface area (Å²) >= 11 is 0. The lowest BCUT2D eigenvalue weighted by molar-refractivity contribution is 0.282. The molecule has 4 aromatic carbocycles. The molecule has 35 heteroatoms. The maximum Gasteiger partial charge on any atom is 0.397 e. The molecule has 0 fully saturated rings. The fourth-order valence-electron chi connectivity index (χ4n) is 5.26. The van der Waals surface area contributed by atoms with E-state index in [1.54, 1.807) is 0 Å². The Morgan fingerprint density at radius 1 is 0.578 bits per heavy atom. The molecule has 352 valence electrons. The van der Waals surface area contributed by atoms with Crippen LogP contribution < -0.4 is 10.1 Å². The van der Waals surface area contributed by atoms with Crippen molar-refractivity contribution >= 4 is 110 Å². The molecular formula is C29H31N5O23S7. The first-order valence-corrected chi connectivity index (χ1v) is 27.0. The van der Waals surface area contributed by atoms with E-state index in [0.29, 0.717) is 18.2 Å². The first kappa shape index (κ1) is 51.7. The molecule has 0 aliphatic heterocycles. The van der Waals surface area contributed by atoms with E-state index in [1.807, 2.05) is 0 Å². The maximum atomic E-state index is 12.9. The van der Waals surface area contributed by atoms with Crippen molar-refractivity contribution in [2.24, 2.45) is 20.5 Å². The Labute approximate surface area is 363 Å². The largest absolute Gasteiger partial charge is 0.505 e. The summed E-state index contributed by atoms with van der Waals surface area (Å²) in [6, 6.07) is 6.36. The molecule has 0 heterocycles. The minimum Gasteiger partial charge on any atom is -0.505 e. The molecule has 0 amide bonds. The molecule has 0 aromatic heterocycles. The summed E-state index contributed by atoms with van der Waals surface area (Å²) in [7, 11) is -33.6. The number of nitrogens with one attached hydrogen (secondary N) is 1. The molecule has 0 bridgehead atoms. The van der Waals surface area contributed by atoms with Gasteiger partial charge in [0.15, 0.2) is 25.4 Å². The minimum absolute atomic E-state index is 0.0574. The zero-order chi connectivity index (χ0) is 48.4. The van der Waals surface area contributed by atoms with Crippen molar-refractivity contribution in [3.05, 3.63) is 54.1 Å². The van der Waals surface area contributed by atoms with Gasteiger partial charge in [0.25, 0.3) is 30.4 Å². The number of sulfone groups is 2. The van der Waals surface area contributed by atoms with Crippen LogP contribution in [0.15, 0.2) is 88.6 Å². The van der Waals surface area contributed by atoms with Crippen LogP contribution in [0.5, 0.6) is 11.5 Å². The number of fused-ring (bicyclic) bond motifs is 1. The molecule has 28 nitrogen and oxygen atoms in total. The Hall–Kier alpha value is -4.89. The third-order valence-electron chi connectivity index (χ3n) is 7.99. The quantitative estimate of drug-likeness (QED) is 0.0494. The second kappa shape index (κ2) is 18.9. The number of benzene rings is 4. The third-order valence-corrected chi connectivity index (χ3v) is 14.7. The van der Waals surface area contributed by atoms with Gasteiger partial charge in [-0.1, -0.05) is 0 Å². The van der Waals surface area contributed by atoms with Gasteiger partial charge in [-0.3, -0.25) is 22.8 Å². The van der Waals surface area contributed by atoms with E-state index >= 15 is 0 Å². The van der Waals surface area contributed by atoms with E-state index in [2.05, 4.69) is 34.1 Å². The lowest BCUT2D eigenvalue weighted by atomic mass is 10.1. The van der Waals surface area contributed by atoms with Gasteiger partial charge in [0.1, 0.15) is 44.2 Å². The van der Waals surface area contributed by atoms with Gasteiger partial charge in [-0.25, -0.2) is 25.2 Å². The standard InChI is InChI=1S/C29H31N5O23S7/c1-16-11-22(23(55-2)14-24(16)59(38,39)10-8-57-64(52,53)54)32-34-28-26(62(46,47)48)13-19-18(29(28)35)4-6-21(30-15-60(40,41)42)27(19)33-31-20-5-3-17(12-25(20)61(43,44)45)58(36,37)9-7-56-63(49,50)51/h3-6,11-14,30,35H,7-10,15H2,1-2H3,(H,40,41,42)(H,43,44,45)(H,46,47,48)(H,49,50,51)(H,52,53,54)/b33-31+,34-32+. The van der Waals surface area contributed by atoms with Crippen LogP contribution >= 0.6 is 0 Å². The monoisotopic (exact) mass is 1040 g/mol. The smallest absolute Gasteiger partial charge is 0.397 e. The van der Waals surface area contributed by atoms with E-state index in [9.17, 15) is 77.7 Å². The summed E-state index contributed by atoms with van der Waals surface area (Å²) < 4.78 is 228. The predicted octanol–water partition coefficient (Wildman–Crippen LogP) is 2.63. The van der Waals surface area contributed by atoms with Crippen LogP contribution in [0.25, 0.3) is 10.8 Å². The summed E-state index contributed by atoms with van der Waals surface area (Å²) in [6.07, 6.45) is 0. The summed E-state index contributed by atoms with van der Waals surface area (Å²) in [5, 5.41) is 27.7. The fourth-order valence-corrected chi connectivity index (χ4v) is 10.2. The van der Waals surface area contributed by atoms with E-state index in [1.165, 1.54) is 6.92 Å². The van der Waals surface area contributed by atoms with Crippen LogP contribution in [0.4, 0.5) is 28.4 Å². The molecule has 0 saturated heterocycles. The van der Waals surface area contributed by atoms with E-state index in [-0.39, 0.29) is 17.0 Å². The van der Waals surface area contributed by atoms with Crippen molar-refractivity contribution in [1.82, 2.24) is 0 Å². The number of methoxy groups -OCH3 is 1. The molecule has 0 saturated carbocycles. The average Bonchev–Trinajstić information content (AvgIpc) is 3.13. The minimum atomic E-state index is -5.46. The molecular weight excluding hydrogens is 1010 g/mol. The number of ether oxygens (including phenoxy) is 1. The second-order valence-electron chi connectivity index (χ2n) is 12.4. The Morgan fingerprint density at radius 2 is 1.12 bits per heavy atom. The van der Waals surface area contributed by atoms with Gasteiger partial charge in [0, 0.05) is 16.8 Å². The molecule has 0 atom stereocenters. The molecule has 64 heavy (non-hydrogen) atoms. The number of aryl methyl sites for hydroxylation is 1. The van der Waals surface area contributed by atoms with Crippen molar-refractivity contribution in [3.63, 3.8) is 0 Å². The first-order valence-electron chi connectivity index (χ1n) is 16.5. The van der Waals surface area contributed by atoms with Gasteiger partial charge in [-0.05, 0) is 55.0 Å². The van der Waals surface area contributed by atoms with Crippen LogP contribution in [0.3, 0.4) is 0 Å². The third kappa shape index (κ3) is 13.6. The van der Waals surface area contributed by atoms with Gasteiger partial charge in [-0.15, -0.1) is 20.5 Å². The Kier molecular flexibility index (Phi) is 15.3. The first-order chi connectivity index (χ1) is 29.1. The highest BCUT2D eigenvalue weighted by molar-refractivity contribution is 7.92. The Balaban J connectivity index is 1.92. The average molecular weight is 1040 g/mol. The van der Waals surface area contributed by atoms with Crippen molar-refractivity contribution < 1.29 is 99.9 Å². The lowest BCUT2D eigenvalue weighted by Gasteiger charge is -2.14. The van der Waals surface area contributed by atoms with Crippen molar-refractivity contribution in [1.29, 1.82) is 0 Å². The molecule has 7 N–H and O–H groups in total. The zero-order valence-electron chi connectivity index (χ0n) is 31.9. The van der Waals surface area contributed by atoms with Gasteiger partial charge in [0.05, 0.1) is 47.3 Å². The van der Waals surface area contributed by atoms with Crippen LogP contribution in [-0.4, -0.2) is 125 Å². The predicted molar refractivity (Wildman–Crippen MR) is 217 cm³/mol. The molecule has 0 spiro atoms. The maximum absolute atomic E-state index is 12.9. The number of hydrogen-bond acceptors (Lipinski definition) is 23. The molecule has 0 aliphatic carbocycles. The van der Waals surface area contributed by atoms with Crippen LogP contribution in [0.2, 0.25) is 0 Å². The molecule has 0 radical (unpaired) electrons. The summed E-state index contributed by atoms with van der Waals surface area (Å²) in [6.45, 7) is -0.836. The highest BCUT2D eigenvalue weighted by Gasteiger charge is 2.27. The Morgan fingerprint density at radius 3 is 1.66 bits per heavy atom. The lowest BCUT2D eigenvalue weighted by Crippen LogP contribution is -2.16. The van der Waals surface area contributed by atoms with Crippen molar-refractivity contribution in [2.45, 2.75) is 26.5 Å². The number of phenolic OH excluding ortho intramolecular Hbond substituents is 1. The van der Waals surface area contributed by atoms with Crippen molar-refractivity contribution in [2.75, 3.05) is 43.0 Å². The van der Waals surface area contributed by atoms with Gasteiger partial charge < -0.3 is 15.2 Å². The van der Waals surface area contributed by atoms with Gasteiger partial charge in [0.2, 0.25) is 0 Å². The van der Waals surface area contributed by atoms with Crippen molar-refractivity contribution in [3.8, 4) is 11.5 Å². The number of aromatic hydroxyl groups is 1. The fraction of sp³-hybridized carbons (Fsp3) is 0.241. The van der Waals surface area contributed by atoms with Crippen LogP contribution in [0.1, 0.15) is 5.56 Å². The zero-order valence-corrected chi connectivity index (χ0v) is 37.6. The van der Waals surface area contributed by atoms with Crippen LogP contribution in [-0.2, 0) is 79.2 Å². The number of hydrogen-bond donors (Lipinski definition) is 7. The number of nitrogens with zero attached hydrogens (tertiary/aromatic N) is 4. The number of azo groups is 2. The van der Waals surface area contributed by atoms with Gasteiger partial charge in [-0.2, -0.15) is 42.1 Å². The van der Waals surface area contributed by atoms with E-state index < -0.39 is 160 Å². The highest BCUT2D eigenvalue weighted by Crippen LogP contribution is 2.47. The summed E-state index contributed by atoms with van der Waals surface area (Å²) in [4.78, 5) is -3.75. The summed E-state index contributed by atoms with van der Waals surface area (Å²) in [5.41, 5.74) is -3.32. The van der Waals surface area contributed by atoms with Crippen LogP contribution in [0, 0.1) is 6.92 Å². The molecule has 4 aromatic rings. The number of rotatable bonds is 20. The molecule has 0 unspecified atom stereocenters. The second-order valence-corrected chi connectivity index (χ2v) is 23.0. The number of anilines is 1. The summed E-state index contributed by atoms with van der Waals surface area (Å²) in [5.74, 6) is -4.76. The van der Waals surface area contributed by atoms with E-state index in [4.69, 9.17) is 13.8 Å². The number of phenols is 1. The molecule has 0 aliphatic rings. The highest BCUT2D eigenvalue weighted by atomic mass is 32.3. The Bertz CT molecular complexity index is 3400. The van der Waals surface area contributed by atoms with Gasteiger partial charge >= 0.3 is 20.8 Å². The van der Waals surface area contributed by atoms with E-state index in [0.717, 1.165) is 37.4 Å².